The fourth-order valence-electron chi connectivity index (χ4n) is 4.58. The number of sulfonamides is 1. The summed E-state index contributed by atoms with van der Waals surface area (Å²) in [7, 11) is 0.243. The van der Waals surface area contributed by atoms with E-state index in [0.717, 1.165) is 24.9 Å². The maximum Gasteiger partial charge on any atom is 0.263 e. The van der Waals surface area contributed by atoms with E-state index < -0.39 is 32.6 Å². The highest BCUT2D eigenvalue weighted by atomic mass is 32.2. The van der Waals surface area contributed by atoms with Crippen molar-refractivity contribution in [2.75, 3.05) is 27.2 Å². The first kappa shape index (κ1) is 29.9. The molecule has 1 aliphatic heterocycles. The highest BCUT2D eigenvalue weighted by Gasteiger charge is 2.46. The Hall–Kier alpha value is -2.29. The van der Waals surface area contributed by atoms with E-state index in [4.69, 9.17) is 4.74 Å². The zero-order valence-electron chi connectivity index (χ0n) is 21.1. The summed E-state index contributed by atoms with van der Waals surface area (Å²) in [6, 6.07) is 14.4. The minimum absolute atomic E-state index is 0. The standard InChI is InChI=1S/C27H37FN2O4S.CH4/c1-27(2)25(18-21-13-11-20(12-14-21)8-7-16-30(3)4)35(32,33)29-26(34-27)19-22(15-17-31)23-9-5-6-10-24(23)28;/h5-6,9-14,22,25,31H,7-8,15-19H2,1-4H3;1H4/t22-,25?;/m1./s1. The van der Waals surface area contributed by atoms with Crippen molar-refractivity contribution in [3.63, 3.8) is 0 Å². The van der Waals surface area contributed by atoms with Crippen LogP contribution in [-0.2, 0) is 27.6 Å². The third-order valence-corrected chi connectivity index (χ3v) is 8.41. The van der Waals surface area contributed by atoms with Crippen LogP contribution in [0.4, 0.5) is 4.39 Å². The molecule has 200 valence electrons. The number of aliphatic hydroxyl groups excluding tert-OH is 1. The molecule has 6 nitrogen and oxygen atoms in total. The Morgan fingerprint density at radius 3 is 2.33 bits per heavy atom. The molecular weight excluding hydrogens is 479 g/mol. The molecule has 1 heterocycles. The Labute approximate surface area is 216 Å². The van der Waals surface area contributed by atoms with Crippen molar-refractivity contribution in [3.05, 3.63) is 71.0 Å². The summed E-state index contributed by atoms with van der Waals surface area (Å²) in [5.41, 5.74) is 1.53. The number of halogens is 1. The molecule has 0 bridgehead atoms. The second-order valence-corrected chi connectivity index (χ2v) is 11.8. The predicted molar refractivity (Wildman–Crippen MR) is 145 cm³/mol. The number of benzene rings is 2. The van der Waals surface area contributed by atoms with Crippen molar-refractivity contribution in [1.29, 1.82) is 0 Å². The Bertz CT molecular complexity index is 1110. The van der Waals surface area contributed by atoms with Gasteiger partial charge in [0.1, 0.15) is 16.7 Å². The quantitative estimate of drug-likeness (QED) is 0.453. The topological polar surface area (TPSA) is 79.2 Å². The molecule has 0 saturated carbocycles. The summed E-state index contributed by atoms with van der Waals surface area (Å²) in [6.45, 7) is 4.37. The van der Waals surface area contributed by atoms with Crippen LogP contribution in [0, 0.1) is 5.82 Å². The van der Waals surface area contributed by atoms with E-state index in [0.29, 0.717) is 5.56 Å². The Morgan fingerprint density at radius 2 is 1.75 bits per heavy atom. The van der Waals surface area contributed by atoms with E-state index in [1.54, 1.807) is 32.0 Å². The maximum atomic E-state index is 14.4. The van der Waals surface area contributed by atoms with Crippen molar-refractivity contribution in [2.45, 2.75) is 70.1 Å². The molecule has 0 saturated heterocycles. The van der Waals surface area contributed by atoms with Gasteiger partial charge in [-0.25, -0.2) is 12.8 Å². The summed E-state index contributed by atoms with van der Waals surface area (Å²) >= 11 is 0. The van der Waals surface area contributed by atoms with E-state index in [9.17, 15) is 17.9 Å². The first-order valence-electron chi connectivity index (χ1n) is 12.1. The molecule has 0 fully saturated rings. The van der Waals surface area contributed by atoms with E-state index in [1.807, 2.05) is 12.1 Å². The van der Waals surface area contributed by atoms with Crippen molar-refractivity contribution in [2.24, 2.45) is 4.40 Å². The lowest BCUT2D eigenvalue weighted by Crippen LogP contribution is -2.50. The molecule has 1 aliphatic rings. The van der Waals surface area contributed by atoms with Gasteiger partial charge in [-0.2, -0.15) is 0 Å². The summed E-state index contributed by atoms with van der Waals surface area (Å²) in [6.07, 6.45) is 2.69. The monoisotopic (exact) mass is 520 g/mol. The van der Waals surface area contributed by atoms with Gasteiger partial charge in [-0.15, -0.1) is 4.40 Å². The lowest BCUT2D eigenvalue weighted by Gasteiger charge is -2.38. The number of hydrogen-bond donors (Lipinski definition) is 1. The fraction of sp³-hybridized carbons (Fsp3) is 0.536. The highest BCUT2D eigenvalue weighted by molar-refractivity contribution is 7.91. The van der Waals surface area contributed by atoms with Crippen LogP contribution in [0.25, 0.3) is 0 Å². The second kappa shape index (κ2) is 12.8. The van der Waals surface area contributed by atoms with Gasteiger partial charge in [0.15, 0.2) is 0 Å². The van der Waals surface area contributed by atoms with E-state index in [2.05, 4.69) is 35.5 Å². The number of aryl methyl sites for hydroxylation is 1. The van der Waals surface area contributed by atoms with Crippen molar-refractivity contribution < 1.29 is 22.7 Å². The largest absolute Gasteiger partial charge is 0.473 e. The van der Waals surface area contributed by atoms with Crippen LogP contribution in [0.2, 0.25) is 0 Å². The predicted octanol–water partition coefficient (Wildman–Crippen LogP) is 4.96. The van der Waals surface area contributed by atoms with Crippen molar-refractivity contribution >= 4 is 15.9 Å². The summed E-state index contributed by atoms with van der Waals surface area (Å²) in [4.78, 5) is 2.15. The third kappa shape index (κ3) is 7.85. The molecule has 2 aromatic rings. The molecular formula is C28H41FN2O4S. The van der Waals surface area contributed by atoms with Crippen LogP contribution < -0.4 is 0 Å². The van der Waals surface area contributed by atoms with Gasteiger partial charge < -0.3 is 14.7 Å². The third-order valence-electron chi connectivity index (χ3n) is 6.50. The second-order valence-electron chi connectivity index (χ2n) is 10.1. The molecule has 0 amide bonds. The minimum Gasteiger partial charge on any atom is -0.473 e. The fourth-order valence-corrected chi connectivity index (χ4v) is 6.27. The SMILES string of the molecule is C.CN(C)CCCc1ccc(CC2C(C)(C)OC(C[C@@H](CCO)c3ccccc3F)=NS2(=O)=O)cc1. The van der Waals surface area contributed by atoms with Crippen LogP contribution >= 0.6 is 0 Å². The van der Waals surface area contributed by atoms with Gasteiger partial charge in [0, 0.05) is 13.0 Å². The molecule has 2 atom stereocenters. The summed E-state index contributed by atoms with van der Waals surface area (Å²) in [5, 5.41) is 8.65. The van der Waals surface area contributed by atoms with Crippen LogP contribution in [0.1, 0.15) is 63.1 Å². The average Bonchev–Trinajstić information content (AvgIpc) is 2.76. The first-order chi connectivity index (χ1) is 16.5. The van der Waals surface area contributed by atoms with Crippen LogP contribution in [0.5, 0.6) is 0 Å². The summed E-state index contributed by atoms with van der Waals surface area (Å²) in [5.74, 6) is -0.778. The Morgan fingerprint density at radius 1 is 1.11 bits per heavy atom. The number of hydrogen-bond acceptors (Lipinski definition) is 5. The Kier molecular flexibility index (Phi) is 10.6. The maximum absolute atomic E-state index is 14.4. The minimum atomic E-state index is -3.86. The van der Waals surface area contributed by atoms with Crippen molar-refractivity contribution in [3.8, 4) is 0 Å². The summed E-state index contributed by atoms with van der Waals surface area (Å²) < 4.78 is 50.9. The molecule has 0 aliphatic carbocycles. The van der Waals surface area contributed by atoms with E-state index >= 15 is 0 Å². The number of aliphatic hydroxyl groups is 1. The van der Waals surface area contributed by atoms with Gasteiger partial charge in [0.05, 0.1) is 0 Å². The van der Waals surface area contributed by atoms with Crippen LogP contribution in [-0.4, -0.2) is 62.4 Å². The lowest BCUT2D eigenvalue weighted by atomic mass is 9.91. The molecule has 8 heteroatoms. The molecule has 0 radical (unpaired) electrons. The van der Waals surface area contributed by atoms with E-state index in [1.165, 1.54) is 11.6 Å². The van der Waals surface area contributed by atoms with Gasteiger partial charge in [-0.05, 0) is 88.8 Å². The van der Waals surface area contributed by atoms with Gasteiger partial charge in [-0.3, -0.25) is 0 Å². The number of nitrogens with zero attached hydrogens (tertiary/aromatic N) is 2. The van der Waals surface area contributed by atoms with Crippen LogP contribution in [0.3, 0.4) is 0 Å². The van der Waals surface area contributed by atoms with Crippen LogP contribution in [0.15, 0.2) is 52.9 Å². The molecule has 36 heavy (non-hydrogen) atoms. The molecule has 0 spiro atoms. The van der Waals surface area contributed by atoms with Gasteiger partial charge >= 0.3 is 0 Å². The number of ether oxygens (including phenoxy) is 1. The zero-order chi connectivity index (χ0) is 25.6. The van der Waals surface area contributed by atoms with Crippen molar-refractivity contribution in [1.82, 2.24) is 4.90 Å². The molecule has 1 unspecified atom stereocenters. The smallest absolute Gasteiger partial charge is 0.263 e. The lowest BCUT2D eigenvalue weighted by molar-refractivity contribution is 0.0797. The Balaban J connectivity index is 0.00000456. The normalized spacial score (nSPS) is 19.2. The molecule has 2 aromatic carbocycles. The molecule has 1 N–H and O–H groups in total. The van der Waals surface area contributed by atoms with Gasteiger partial charge in [0.25, 0.3) is 10.0 Å². The van der Waals surface area contributed by atoms with Gasteiger partial charge in [-0.1, -0.05) is 49.9 Å². The van der Waals surface area contributed by atoms with Gasteiger partial charge in [0.2, 0.25) is 5.90 Å². The average molecular weight is 521 g/mol. The highest BCUT2D eigenvalue weighted by Crippen LogP contribution is 2.34. The first-order valence-corrected chi connectivity index (χ1v) is 13.6. The molecule has 3 rings (SSSR count). The molecule has 0 aromatic heterocycles. The zero-order valence-corrected chi connectivity index (χ0v) is 21.9. The number of rotatable bonds is 11. The van der Waals surface area contributed by atoms with E-state index in [-0.39, 0.29) is 39.2 Å².